The number of hydrogen-bond donors (Lipinski definition) is 1. The monoisotopic (exact) mass is 248 g/mol. The van der Waals surface area contributed by atoms with Gasteiger partial charge in [-0.25, -0.2) is 4.98 Å². The topological polar surface area (TPSA) is 48.1 Å². The number of nitrogens with zero attached hydrogens (tertiary/aromatic N) is 1. The van der Waals surface area contributed by atoms with Gasteiger partial charge in [-0.3, -0.25) is 0 Å². The molecule has 1 heterocycles. The van der Waals surface area contributed by atoms with Crippen LogP contribution in [0, 0.1) is 0 Å². The second-order valence-electron chi connectivity index (χ2n) is 4.48. The van der Waals surface area contributed by atoms with E-state index >= 15 is 0 Å². The Morgan fingerprint density at radius 3 is 2.71 bits per heavy atom. The van der Waals surface area contributed by atoms with Crippen molar-refractivity contribution in [2.75, 3.05) is 7.11 Å². The highest BCUT2D eigenvalue weighted by molar-refractivity contribution is 7.15. The molecule has 0 amide bonds. The van der Waals surface area contributed by atoms with Crippen LogP contribution in [0.25, 0.3) is 10.6 Å². The summed E-state index contributed by atoms with van der Waals surface area (Å²) in [6, 6.07) is 7.88. The fourth-order valence-corrected chi connectivity index (χ4v) is 2.39. The largest absolute Gasteiger partial charge is 0.497 e. The van der Waals surface area contributed by atoms with E-state index in [1.807, 2.05) is 44.3 Å². The van der Waals surface area contributed by atoms with Crippen LogP contribution >= 0.6 is 11.3 Å². The van der Waals surface area contributed by atoms with Gasteiger partial charge in [-0.15, -0.1) is 11.3 Å². The van der Waals surface area contributed by atoms with Crippen LogP contribution in [0.15, 0.2) is 30.5 Å². The first-order valence-corrected chi connectivity index (χ1v) is 6.22. The predicted molar refractivity (Wildman–Crippen MR) is 71.3 cm³/mol. The molecule has 0 saturated heterocycles. The number of hydrogen-bond acceptors (Lipinski definition) is 4. The zero-order valence-electron chi connectivity index (χ0n) is 10.2. The summed E-state index contributed by atoms with van der Waals surface area (Å²) in [5.74, 6) is 0.839. The molecule has 2 N–H and O–H groups in total. The van der Waals surface area contributed by atoms with Crippen molar-refractivity contribution in [2.24, 2.45) is 5.73 Å². The molecular weight excluding hydrogens is 232 g/mol. The van der Waals surface area contributed by atoms with Crippen LogP contribution < -0.4 is 10.5 Å². The number of thiazole rings is 1. The highest BCUT2D eigenvalue weighted by Gasteiger charge is 2.18. The standard InChI is InChI=1S/C13H16N2OS/c1-13(2,14)11-8-15-12(17-11)9-5-4-6-10(7-9)16-3/h4-8H,14H2,1-3H3. The second kappa shape index (κ2) is 4.47. The van der Waals surface area contributed by atoms with Gasteiger partial charge in [0.25, 0.3) is 0 Å². The van der Waals surface area contributed by atoms with Gasteiger partial charge in [0.2, 0.25) is 0 Å². The Balaban J connectivity index is 2.37. The van der Waals surface area contributed by atoms with Crippen molar-refractivity contribution >= 4 is 11.3 Å². The molecule has 4 heteroatoms. The summed E-state index contributed by atoms with van der Waals surface area (Å²) >= 11 is 1.62. The normalized spacial score (nSPS) is 11.5. The Morgan fingerprint density at radius 2 is 2.12 bits per heavy atom. The van der Waals surface area contributed by atoms with Crippen molar-refractivity contribution in [3.8, 4) is 16.3 Å². The molecule has 1 aromatic heterocycles. The van der Waals surface area contributed by atoms with Gasteiger partial charge in [0.15, 0.2) is 0 Å². The van der Waals surface area contributed by atoms with E-state index in [-0.39, 0.29) is 5.54 Å². The molecule has 0 bridgehead atoms. The maximum Gasteiger partial charge on any atom is 0.123 e. The van der Waals surface area contributed by atoms with E-state index in [0.717, 1.165) is 21.2 Å². The first kappa shape index (κ1) is 12.1. The summed E-state index contributed by atoms with van der Waals surface area (Å²) in [4.78, 5) is 5.49. The molecule has 90 valence electrons. The van der Waals surface area contributed by atoms with Gasteiger partial charge in [0.05, 0.1) is 7.11 Å². The third kappa shape index (κ3) is 2.65. The second-order valence-corrected chi connectivity index (χ2v) is 5.51. The molecule has 0 aliphatic rings. The molecule has 0 atom stereocenters. The summed E-state index contributed by atoms with van der Waals surface area (Å²) < 4.78 is 5.20. The average molecular weight is 248 g/mol. The van der Waals surface area contributed by atoms with Gasteiger partial charge < -0.3 is 10.5 Å². The fourth-order valence-electron chi connectivity index (χ4n) is 1.46. The van der Waals surface area contributed by atoms with E-state index in [1.165, 1.54) is 0 Å². The third-order valence-corrected chi connectivity index (χ3v) is 3.84. The molecule has 0 saturated carbocycles. The lowest BCUT2D eigenvalue weighted by atomic mass is 10.1. The lowest BCUT2D eigenvalue weighted by Crippen LogP contribution is -2.27. The minimum atomic E-state index is -0.339. The first-order chi connectivity index (χ1) is 8.00. The van der Waals surface area contributed by atoms with Gasteiger partial charge >= 0.3 is 0 Å². The number of methoxy groups -OCH3 is 1. The number of aromatic nitrogens is 1. The highest BCUT2D eigenvalue weighted by atomic mass is 32.1. The molecule has 0 fully saturated rings. The molecule has 0 spiro atoms. The fraction of sp³-hybridized carbons (Fsp3) is 0.308. The van der Waals surface area contributed by atoms with Crippen molar-refractivity contribution in [3.63, 3.8) is 0 Å². The SMILES string of the molecule is COc1cccc(-c2ncc(C(C)(C)N)s2)c1. The van der Waals surface area contributed by atoms with Gasteiger partial charge in [-0.05, 0) is 26.0 Å². The Kier molecular flexibility index (Phi) is 3.17. The van der Waals surface area contributed by atoms with Gasteiger partial charge in [-0.1, -0.05) is 12.1 Å². The van der Waals surface area contributed by atoms with Crippen molar-refractivity contribution < 1.29 is 4.74 Å². The molecule has 2 rings (SSSR count). The molecule has 1 aromatic carbocycles. The summed E-state index contributed by atoms with van der Waals surface area (Å²) in [7, 11) is 1.66. The number of nitrogens with two attached hydrogens (primary N) is 1. The van der Waals surface area contributed by atoms with Crippen molar-refractivity contribution in [3.05, 3.63) is 35.3 Å². The molecule has 17 heavy (non-hydrogen) atoms. The molecule has 2 aromatic rings. The van der Waals surface area contributed by atoms with E-state index in [2.05, 4.69) is 4.98 Å². The summed E-state index contributed by atoms with van der Waals surface area (Å²) in [5.41, 5.74) is 6.77. The van der Waals surface area contributed by atoms with E-state index in [4.69, 9.17) is 10.5 Å². The minimum absolute atomic E-state index is 0.339. The molecule has 0 radical (unpaired) electrons. The Bertz CT molecular complexity index is 514. The highest BCUT2D eigenvalue weighted by Crippen LogP contribution is 2.31. The van der Waals surface area contributed by atoms with Crippen LogP contribution in [0.1, 0.15) is 18.7 Å². The molecule has 3 nitrogen and oxygen atoms in total. The lowest BCUT2D eigenvalue weighted by molar-refractivity contribution is 0.415. The zero-order chi connectivity index (χ0) is 12.5. The lowest BCUT2D eigenvalue weighted by Gasteiger charge is -2.14. The Hall–Kier alpha value is -1.39. The van der Waals surface area contributed by atoms with Crippen LogP contribution in [0.4, 0.5) is 0 Å². The van der Waals surface area contributed by atoms with Crippen LogP contribution in [0.5, 0.6) is 5.75 Å². The smallest absolute Gasteiger partial charge is 0.123 e. The molecule has 0 unspecified atom stereocenters. The quantitative estimate of drug-likeness (QED) is 0.908. The van der Waals surface area contributed by atoms with Gasteiger partial charge in [-0.2, -0.15) is 0 Å². The predicted octanol–water partition coefficient (Wildman–Crippen LogP) is 3.01. The number of benzene rings is 1. The van der Waals surface area contributed by atoms with Gasteiger partial charge in [0, 0.05) is 22.2 Å². The van der Waals surface area contributed by atoms with Crippen LogP contribution in [0.3, 0.4) is 0 Å². The van der Waals surface area contributed by atoms with Crippen molar-refractivity contribution in [1.29, 1.82) is 0 Å². The van der Waals surface area contributed by atoms with E-state index < -0.39 is 0 Å². The molecule has 0 aliphatic heterocycles. The van der Waals surface area contributed by atoms with E-state index in [1.54, 1.807) is 18.4 Å². The maximum absolute atomic E-state index is 6.05. The average Bonchev–Trinajstić information content (AvgIpc) is 2.78. The molecular formula is C13H16N2OS. The Labute approximate surface area is 105 Å². The van der Waals surface area contributed by atoms with Crippen molar-refractivity contribution in [1.82, 2.24) is 4.98 Å². The third-order valence-electron chi connectivity index (χ3n) is 2.46. The van der Waals surface area contributed by atoms with E-state index in [0.29, 0.717) is 0 Å². The zero-order valence-corrected chi connectivity index (χ0v) is 11.0. The van der Waals surface area contributed by atoms with Gasteiger partial charge in [0.1, 0.15) is 10.8 Å². The van der Waals surface area contributed by atoms with E-state index in [9.17, 15) is 0 Å². The summed E-state index contributed by atoms with van der Waals surface area (Å²) in [5, 5.41) is 0.970. The summed E-state index contributed by atoms with van der Waals surface area (Å²) in [6.07, 6.45) is 1.85. The van der Waals surface area contributed by atoms with Crippen molar-refractivity contribution in [2.45, 2.75) is 19.4 Å². The maximum atomic E-state index is 6.05. The van der Waals surface area contributed by atoms with Crippen LogP contribution in [-0.4, -0.2) is 12.1 Å². The first-order valence-electron chi connectivity index (χ1n) is 5.40. The van der Waals surface area contributed by atoms with Crippen LogP contribution in [0.2, 0.25) is 0 Å². The minimum Gasteiger partial charge on any atom is -0.497 e. The molecule has 0 aliphatic carbocycles. The summed E-state index contributed by atoms with van der Waals surface area (Å²) in [6.45, 7) is 3.96. The number of rotatable bonds is 3. The van der Waals surface area contributed by atoms with Crippen LogP contribution in [-0.2, 0) is 5.54 Å². The number of ether oxygens (including phenoxy) is 1. The Morgan fingerprint density at radius 1 is 1.35 bits per heavy atom.